The van der Waals surface area contributed by atoms with Crippen LogP contribution in [0.2, 0.25) is 0 Å². The van der Waals surface area contributed by atoms with Crippen LogP contribution in [0.1, 0.15) is 50.0 Å². The summed E-state index contributed by atoms with van der Waals surface area (Å²) >= 11 is 0. The summed E-state index contributed by atoms with van der Waals surface area (Å²) in [6.07, 6.45) is 1.79. The molecule has 2 amide bonds. The van der Waals surface area contributed by atoms with Crippen molar-refractivity contribution in [2.75, 3.05) is 25.0 Å². The minimum absolute atomic E-state index is 0.0861. The van der Waals surface area contributed by atoms with Crippen molar-refractivity contribution < 1.29 is 22.8 Å². The Bertz CT molecular complexity index is 685. The normalized spacial score (nSPS) is 21.5. The third-order valence-corrected chi connectivity index (χ3v) is 5.50. The number of likely N-dealkylation sites (tertiary alicyclic amines) is 1. The number of carbonyl (C=O) groups is 2. The van der Waals surface area contributed by atoms with Crippen LogP contribution in [0.5, 0.6) is 0 Å². The maximum absolute atomic E-state index is 12.3. The topological polar surface area (TPSA) is 61.4 Å². The lowest BCUT2D eigenvalue weighted by Crippen LogP contribution is -2.44. The van der Waals surface area contributed by atoms with E-state index in [0.29, 0.717) is 24.6 Å². The van der Waals surface area contributed by atoms with Gasteiger partial charge in [-0.1, -0.05) is 31.4 Å². The lowest BCUT2D eigenvalue weighted by atomic mass is 9.84. The summed E-state index contributed by atoms with van der Waals surface area (Å²) in [5, 5.41) is 4.80. The van der Waals surface area contributed by atoms with Gasteiger partial charge in [0, 0.05) is 24.8 Å². The second kappa shape index (κ2) is 8.94. The number of alkyl halides is 3. The molecule has 5 nitrogen and oxygen atoms in total. The van der Waals surface area contributed by atoms with Gasteiger partial charge in [0.2, 0.25) is 5.91 Å². The molecular weight excluding hydrogens is 371 g/mol. The van der Waals surface area contributed by atoms with Gasteiger partial charge in [-0.3, -0.25) is 14.5 Å². The number of amides is 2. The molecule has 1 aliphatic heterocycles. The zero-order chi connectivity index (χ0) is 20.1. The lowest BCUT2D eigenvalue weighted by Gasteiger charge is -2.22. The van der Waals surface area contributed by atoms with Crippen molar-refractivity contribution in [1.29, 1.82) is 0 Å². The van der Waals surface area contributed by atoms with Crippen LogP contribution < -0.4 is 10.6 Å². The SMILES string of the molecule is O=C(CN1CCC(NC(=O)C(F)(F)F)C1)Nc1ccc(C2CCCCC2)cc1. The quantitative estimate of drug-likeness (QED) is 0.800. The number of rotatable bonds is 5. The molecule has 1 aromatic rings. The summed E-state index contributed by atoms with van der Waals surface area (Å²) in [4.78, 5) is 25.0. The average Bonchev–Trinajstić information content (AvgIpc) is 3.09. The van der Waals surface area contributed by atoms with E-state index in [-0.39, 0.29) is 19.0 Å². The fraction of sp³-hybridized carbons (Fsp3) is 0.600. The van der Waals surface area contributed by atoms with Crippen LogP contribution in [0, 0.1) is 0 Å². The summed E-state index contributed by atoms with van der Waals surface area (Å²) < 4.78 is 36.9. The molecular formula is C20H26F3N3O2. The van der Waals surface area contributed by atoms with Crippen LogP contribution in [0.4, 0.5) is 18.9 Å². The van der Waals surface area contributed by atoms with Gasteiger partial charge in [-0.25, -0.2) is 0 Å². The summed E-state index contributed by atoms with van der Waals surface area (Å²) in [5.41, 5.74) is 2.02. The number of hydrogen-bond acceptors (Lipinski definition) is 3. The van der Waals surface area contributed by atoms with Gasteiger partial charge in [0.25, 0.3) is 0 Å². The highest BCUT2D eigenvalue weighted by atomic mass is 19.4. The van der Waals surface area contributed by atoms with Crippen molar-refractivity contribution in [1.82, 2.24) is 10.2 Å². The Balaban J connectivity index is 1.43. The van der Waals surface area contributed by atoms with Crippen molar-refractivity contribution in [2.45, 2.75) is 56.7 Å². The number of halogens is 3. The van der Waals surface area contributed by atoms with Crippen molar-refractivity contribution >= 4 is 17.5 Å². The van der Waals surface area contributed by atoms with Gasteiger partial charge in [0.05, 0.1) is 6.54 Å². The Hall–Kier alpha value is -2.09. The second-order valence-electron chi connectivity index (χ2n) is 7.70. The fourth-order valence-corrected chi connectivity index (χ4v) is 4.04. The van der Waals surface area contributed by atoms with Crippen LogP contribution in [0.25, 0.3) is 0 Å². The predicted octanol–water partition coefficient (Wildman–Crippen LogP) is 3.43. The van der Waals surface area contributed by atoms with E-state index in [9.17, 15) is 22.8 Å². The molecule has 1 saturated heterocycles. The molecule has 8 heteroatoms. The highest BCUT2D eigenvalue weighted by Crippen LogP contribution is 2.33. The first-order valence-electron chi connectivity index (χ1n) is 9.81. The Morgan fingerprint density at radius 1 is 1.04 bits per heavy atom. The molecule has 1 aliphatic carbocycles. The molecule has 1 atom stereocenters. The molecule has 3 rings (SSSR count). The first-order chi connectivity index (χ1) is 13.3. The van der Waals surface area contributed by atoms with E-state index < -0.39 is 18.1 Å². The smallest absolute Gasteiger partial charge is 0.344 e. The van der Waals surface area contributed by atoms with Gasteiger partial charge in [-0.05, 0) is 42.9 Å². The molecule has 1 unspecified atom stereocenters. The number of nitrogens with zero attached hydrogens (tertiary/aromatic N) is 1. The number of hydrogen-bond donors (Lipinski definition) is 2. The van der Waals surface area contributed by atoms with E-state index in [1.807, 2.05) is 17.4 Å². The number of benzene rings is 1. The number of anilines is 1. The monoisotopic (exact) mass is 397 g/mol. The average molecular weight is 397 g/mol. The highest BCUT2D eigenvalue weighted by molar-refractivity contribution is 5.92. The molecule has 2 aliphatic rings. The van der Waals surface area contributed by atoms with Crippen LogP contribution >= 0.6 is 0 Å². The molecule has 0 bridgehead atoms. The van der Waals surface area contributed by atoms with E-state index in [0.717, 1.165) is 0 Å². The highest BCUT2D eigenvalue weighted by Gasteiger charge is 2.40. The Kier molecular flexibility index (Phi) is 6.59. The van der Waals surface area contributed by atoms with E-state index in [1.54, 1.807) is 4.90 Å². The molecule has 2 N–H and O–H groups in total. The van der Waals surface area contributed by atoms with Crippen molar-refractivity contribution in [3.8, 4) is 0 Å². The van der Waals surface area contributed by atoms with Gasteiger partial charge in [0.15, 0.2) is 0 Å². The molecule has 1 heterocycles. The summed E-state index contributed by atoms with van der Waals surface area (Å²) in [7, 11) is 0. The van der Waals surface area contributed by atoms with Gasteiger partial charge in [-0.15, -0.1) is 0 Å². The summed E-state index contributed by atoms with van der Waals surface area (Å²) in [6.45, 7) is 0.787. The molecule has 2 fully saturated rings. The van der Waals surface area contributed by atoms with Gasteiger partial charge in [0.1, 0.15) is 0 Å². The van der Waals surface area contributed by atoms with Crippen LogP contribution in [-0.2, 0) is 9.59 Å². The van der Waals surface area contributed by atoms with Crippen molar-refractivity contribution in [3.63, 3.8) is 0 Å². The lowest BCUT2D eigenvalue weighted by molar-refractivity contribution is -0.174. The Morgan fingerprint density at radius 3 is 2.36 bits per heavy atom. The van der Waals surface area contributed by atoms with Crippen LogP contribution in [-0.4, -0.2) is 48.6 Å². The van der Waals surface area contributed by atoms with Gasteiger partial charge in [-0.2, -0.15) is 13.2 Å². The van der Waals surface area contributed by atoms with E-state index in [4.69, 9.17) is 0 Å². The maximum Gasteiger partial charge on any atom is 0.471 e. The standard InChI is InChI=1S/C20H26F3N3O2/c21-20(22,23)19(28)25-17-10-11-26(12-17)13-18(27)24-16-8-6-15(7-9-16)14-4-2-1-3-5-14/h6-9,14,17H,1-5,10-13H2,(H,24,27)(H,25,28). The molecule has 1 aromatic carbocycles. The second-order valence-corrected chi connectivity index (χ2v) is 7.70. The third kappa shape index (κ3) is 5.70. The van der Waals surface area contributed by atoms with Crippen LogP contribution in [0.3, 0.4) is 0 Å². The largest absolute Gasteiger partial charge is 0.471 e. The fourth-order valence-electron chi connectivity index (χ4n) is 4.04. The number of nitrogens with one attached hydrogen (secondary N) is 2. The summed E-state index contributed by atoms with van der Waals surface area (Å²) in [6, 6.07) is 7.33. The Labute approximate surface area is 162 Å². The van der Waals surface area contributed by atoms with Gasteiger partial charge < -0.3 is 10.6 Å². The zero-order valence-electron chi connectivity index (χ0n) is 15.7. The van der Waals surface area contributed by atoms with E-state index in [2.05, 4.69) is 17.4 Å². The Morgan fingerprint density at radius 2 is 1.71 bits per heavy atom. The molecule has 0 radical (unpaired) electrons. The molecule has 28 heavy (non-hydrogen) atoms. The summed E-state index contributed by atoms with van der Waals surface area (Å²) in [5.74, 6) is -1.54. The minimum Gasteiger partial charge on any atom is -0.344 e. The van der Waals surface area contributed by atoms with E-state index in [1.165, 1.54) is 37.7 Å². The maximum atomic E-state index is 12.3. The van der Waals surface area contributed by atoms with E-state index >= 15 is 0 Å². The molecule has 0 spiro atoms. The third-order valence-electron chi connectivity index (χ3n) is 5.50. The number of carbonyl (C=O) groups excluding carboxylic acids is 2. The molecule has 1 saturated carbocycles. The van der Waals surface area contributed by atoms with Gasteiger partial charge >= 0.3 is 12.1 Å². The predicted molar refractivity (Wildman–Crippen MR) is 99.9 cm³/mol. The molecule has 154 valence electrons. The minimum atomic E-state index is -4.88. The van der Waals surface area contributed by atoms with Crippen molar-refractivity contribution in [3.05, 3.63) is 29.8 Å². The zero-order valence-corrected chi connectivity index (χ0v) is 15.7. The first kappa shape index (κ1) is 20.6. The van der Waals surface area contributed by atoms with Crippen LogP contribution in [0.15, 0.2) is 24.3 Å². The first-order valence-corrected chi connectivity index (χ1v) is 9.81. The molecule has 0 aromatic heterocycles. The van der Waals surface area contributed by atoms with Crippen molar-refractivity contribution in [2.24, 2.45) is 0 Å².